The number of amides is 3. The number of hydrogen-bond donors (Lipinski definition) is 2. The monoisotopic (exact) mass is 561 g/mol. The van der Waals surface area contributed by atoms with Crippen LogP contribution in [0.1, 0.15) is 31.7 Å². The number of likely N-dealkylation sites (tertiary alicyclic amines) is 1. The molecule has 1 aliphatic carbocycles. The quantitative estimate of drug-likeness (QED) is 0.307. The number of methoxy groups -OCH3 is 2. The molecule has 2 aliphatic heterocycles. The summed E-state index contributed by atoms with van der Waals surface area (Å²) in [6.07, 6.45) is 1.97. The number of halogens is 1. The number of aromatic hydroxyl groups is 1. The molecule has 2 saturated heterocycles. The fourth-order valence-electron chi connectivity index (χ4n) is 5.68. The molecule has 1 aromatic carbocycles. The van der Waals surface area contributed by atoms with Gasteiger partial charge in [-0.1, -0.05) is 27.6 Å². The molecule has 9 nitrogen and oxygen atoms in total. The van der Waals surface area contributed by atoms with Gasteiger partial charge < -0.3 is 24.3 Å². The zero-order valence-electron chi connectivity index (χ0n) is 20.4. The normalized spacial score (nSPS) is 26.3. The van der Waals surface area contributed by atoms with Gasteiger partial charge in [-0.15, -0.1) is 0 Å². The number of allylic oxidation sites excluding steroid dienone is 1. The van der Waals surface area contributed by atoms with Crippen LogP contribution in [0.15, 0.2) is 39.4 Å². The summed E-state index contributed by atoms with van der Waals surface area (Å²) >= 11 is 3.41. The van der Waals surface area contributed by atoms with E-state index in [-0.39, 0.29) is 25.1 Å². The van der Waals surface area contributed by atoms with Crippen LogP contribution in [-0.4, -0.2) is 67.0 Å². The first-order chi connectivity index (χ1) is 17.2. The first-order valence-electron chi connectivity index (χ1n) is 11.8. The molecule has 4 rings (SSSR count). The summed E-state index contributed by atoms with van der Waals surface area (Å²) in [4.78, 5) is 39.0. The van der Waals surface area contributed by atoms with E-state index >= 15 is 0 Å². The summed E-state index contributed by atoms with van der Waals surface area (Å²) in [5.74, 6) is -2.91. The molecule has 2 fully saturated rings. The molecule has 11 heteroatoms. The number of nitrogens with zero attached hydrogens (tertiary/aromatic N) is 1. The lowest BCUT2D eigenvalue weighted by Crippen LogP contribution is -2.46. The molecule has 0 bridgehead atoms. The number of hydrogen-bond acceptors (Lipinski definition) is 8. The van der Waals surface area contributed by atoms with Crippen LogP contribution >= 0.6 is 15.9 Å². The second-order valence-electron chi connectivity index (χ2n) is 9.46. The van der Waals surface area contributed by atoms with Crippen LogP contribution in [0.4, 0.5) is 4.79 Å². The van der Waals surface area contributed by atoms with Crippen molar-refractivity contribution in [2.75, 3.05) is 20.8 Å². The minimum absolute atomic E-state index is 0.148. The van der Waals surface area contributed by atoms with Crippen LogP contribution in [-0.2, 0) is 23.7 Å². The van der Waals surface area contributed by atoms with Gasteiger partial charge in [-0.25, -0.2) is 4.79 Å². The highest BCUT2D eigenvalue weighted by atomic mass is 79.9. The molecule has 192 valence electrons. The van der Waals surface area contributed by atoms with Gasteiger partial charge in [-0.3, -0.25) is 9.59 Å². The van der Waals surface area contributed by atoms with Crippen LogP contribution in [0.2, 0.25) is 6.32 Å². The Morgan fingerprint density at radius 1 is 1.28 bits per heavy atom. The van der Waals surface area contributed by atoms with Gasteiger partial charge in [0.15, 0.2) is 0 Å². The van der Waals surface area contributed by atoms with Crippen molar-refractivity contribution in [2.24, 2.45) is 17.8 Å². The SMILES string of the molecule is COCC1=C2[C@@H](CC/C(C)=C/c3cc(Br)ccc3O)OB(O)C[C@@H]2[C@@H]2C(=O)N(C(=O)OC)C(=O)[C@@H]2C1. The minimum Gasteiger partial charge on any atom is -0.507 e. The highest BCUT2D eigenvalue weighted by Gasteiger charge is 2.59. The summed E-state index contributed by atoms with van der Waals surface area (Å²) in [7, 11) is 1.57. The molecule has 0 aromatic heterocycles. The first-order valence-corrected chi connectivity index (χ1v) is 12.6. The Kier molecular flexibility index (Phi) is 8.04. The van der Waals surface area contributed by atoms with Crippen molar-refractivity contribution in [1.82, 2.24) is 4.90 Å². The van der Waals surface area contributed by atoms with E-state index < -0.39 is 48.9 Å². The minimum atomic E-state index is -1.11. The molecule has 4 atom stereocenters. The zero-order valence-corrected chi connectivity index (χ0v) is 22.0. The summed E-state index contributed by atoms with van der Waals surface area (Å²) < 4.78 is 16.9. The van der Waals surface area contributed by atoms with Crippen LogP contribution in [0.3, 0.4) is 0 Å². The van der Waals surface area contributed by atoms with E-state index in [1.807, 2.05) is 19.1 Å². The van der Waals surface area contributed by atoms with E-state index in [0.29, 0.717) is 23.3 Å². The lowest BCUT2D eigenvalue weighted by atomic mass is 9.58. The van der Waals surface area contributed by atoms with Crippen LogP contribution in [0.5, 0.6) is 5.75 Å². The lowest BCUT2D eigenvalue weighted by molar-refractivity contribution is -0.137. The van der Waals surface area contributed by atoms with Gasteiger partial charge in [0.25, 0.3) is 0 Å². The number of fused-ring (bicyclic) bond motifs is 3. The molecule has 2 heterocycles. The average molecular weight is 562 g/mol. The van der Waals surface area contributed by atoms with E-state index in [1.54, 1.807) is 19.2 Å². The summed E-state index contributed by atoms with van der Waals surface area (Å²) in [6.45, 7) is 2.21. The highest BCUT2D eigenvalue weighted by molar-refractivity contribution is 9.10. The standard InChI is InChI=1S/C25H29BBrNO8/c1-13(8-14-9-16(27)5-6-19(14)29)4-7-20-21-15(12-34-2)10-17-22(18(21)11-26(33)36-20)24(31)28(23(17)30)25(32)35-3/h5-6,8-9,17-18,20,22,29,33H,4,7,10-12H2,1-3H3/b13-8+/t17-,18+,20-,22-/m1/s1. The third-order valence-electron chi connectivity index (χ3n) is 7.18. The lowest BCUT2D eigenvalue weighted by Gasteiger charge is -2.43. The Morgan fingerprint density at radius 3 is 2.72 bits per heavy atom. The van der Waals surface area contributed by atoms with Gasteiger partial charge in [0.2, 0.25) is 11.8 Å². The average Bonchev–Trinajstić information content (AvgIpc) is 3.09. The maximum absolute atomic E-state index is 13.2. The molecule has 1 aromatic rings. The van der Waals surface area contributed by atoms with E-state index in [4.69, 9.17) is 9.39 Å². The smallest absolute Gasteiger partial charge is 0.455 e. The van der Waals surface area contributed by atoms with Gasteiger partial charge in [0.1, 0.15) is 5.75 Å². The second-order valence-corrected chi connectivity index (χ2v) is 10.4. The molecule has 0 spiro atoms. The van der Waals surface area contributed by atoms with Gasteiger partial charge in [-0.05, 0) is 67.8 Å². The largest absolute Gasteiger partial charge is 0.507 e. The summed E-state index contributed by atoms with van der Waals surface area (Å²) in [6, 6.07) is 5.20. The molecule has 0 saturated carbocycles. The first kappa shape index (κ1) is 26.6. The molecule has 3 amide bonds. The van der Waals surface area contributed by atoms with Gasteiger partial charge in [-0.2, -0.15) is 4.90 Å². The number of carbonyl (C=O) groups excluding carboxylic acids is 3. The Hall–Kier alpha value is -2.47. The Labute approximate surface area is 218 Å². The number of carbonyl (C=O) groups is 3. The molecule has 0 radical (unpaired) electrons. The topological polar surface area (TPSA) is 123 Å². The van der Waals surface area contributed by atoms with Crippen molar-refractivity contribution in [3.05, 3.63) is 45.0 Å². The van der Waals surface area contributed by atoms with Crippen molar-refractivity contribution in [1.29, 1.82) is 0 Å². The zero-order chi connectivity index (χ0) is 26.1. The number of imide groups is 3. The molecule has 0 unspecified atom stereocenters. The maximum atomic E-state index is 13.2. The van der Waals surface area contributed by atoms with Crippen LogP contribution in [0, 0.1) is 17.8 Å². The second kappa shape index (κ2) is 10.9. The van der Waals surface area contributed by atoms with E-state index in [1.165, 1.54) is 0 Å². The number of phenols is 1. The van der Waals surface area contributed by atoms with Gasteiger partial charge in [0, 0.05) is 17.1 Å². The van der Waals surface area contributed by atoms with Gasteiger partial charge in [0.05, 0.1) is 31.7 Å². The van der Waals surface area contributed by atoms with Crippen LogP contribution in [0.25, 0.3) is 6.08 Å². The molecule has 2 N–H and O–H groups in total. The van der Waals surface area contributed by atoms with Crippen LogP contribution < -0.4 is 0 Å². The van der Waals surface area contributed by atoms with Gasteiger partial charge >= 0.3 is 13.2 Å². The van der Waals surface area contributed by atoms with E-state index in [0.717, 1.165) is 28.3 Å². The molecule has 3 aliphatic rings. The number of rotatable bonds is 6. The van der Waals surface area contributed by atoms with Crippen molar-refractivity contribution >= 4 is 47.0 Å². The Balaban J connectivity index is 1.62. The van der Waals surface area contributed by atoms with Crippen molar-refractivity contribution in [3.63, 3.8) is 0 Å². The summed E-state index contributed by atoms with van der Waals surface area (Å²) in [5.41, 5.74) is 3.41. The predicted octanol–water partition coefficient (Wildman–Crippen LogP) is 3.55. The van der Waals surface area contributed by atoms with E-state index in [2.05, 4.69) is 20.7 Å². The third kappa shape index (κ3) is 5.02. The fraction of sp³-hybridized carbons (Fsp3) is 0.480. The van der Waals surface area contributed by atoms with Crippen molar-refractivity contribution < 1.29 is 38.6 Å². The van der Waals surface area contributed by atoms with Crippen molar-refractivity contribution in [2.45, 2.75) is 38.6 Å². The number of phenolic OH excluding ortho intramolecular Hbond substituents is 1. The molecular formula is C25H29BBrNO8. The Bertz CT molecular complexity index is 1140. The van der Waals surface area contributed by atoms with Crippen molar-refractivity contribution in [3.8, 4) is 5.75 Å². The number of benzene rings is 1. The molecular weight excluding hydrogens is 533 g/mol. The fourth-order valence-corrected chi connectivity index (χ4v) is 6.06. The third-order valence-corrected chi connectivity index (χ3v) is 7.67. The van der Waals surface area contributed by atoms with E-state index in [9.17, 15) is 24.5 Å². The Morgan fingerprint density at radius 2 is 2.03 bits per heavy atom. The number of ether oxygens (including phenoxy) is 2. The maximum Gasteiger partial charge on any atom is 0.455 e. The summed E-state index contributed by atoms with van der Waals surface area (Å²) in [5, 5.41) is 20.7. The predicted molar refractivity (Wildman–Crippen MR) is 135 cm³/mol. The highest BCUT2D eigenvalue weighted by Crippen LogP contribution is 2.50. The molecule has 36 heavy (non-hydrogen) atoms.